The van der Waals surface area contributed by atoms with E-state index in [4.69, 9.17) is 16.3 Å². The number of aromatic nitrogens is 4. The minimum atomic E-state index is -0.531. The van der Waals surface area contributed by atoms with Crippen molar-refractivity contribution in [1.82, 2.24) is 18.7 Å². The molecular weight excluding hydrogens is 404 g/mol. The number of phenols is 1. The van der Waals surface area contributed by atoms with Crippen molar-refractivity contribution >= 4 is 34.9 Å². The van der Waals surface area contributed by atoms with Crippen LogP contribution in [0.2, 0.25) is 5.02 Å². The maximum Gasteiger partial charge on any atom is 0.332 e. The normalized spacial score (nSPS) is 11.5. The number of aromatic hydroxyl groups is 1. The molecule has 0 spiro atoms. The number of nitrogens with zero attached hydrogens (tertiary/aromatic N) is 5. The molecule has 0 amide bonds. The summed E-state index contributed by atoms with van der Waals surface area (Å²) in [6, 6.07) is 3.02. The number of hydrazone groups is 1. The molecule has 3 aromatic rings. The van der Waals surface area contributed by atoms with Crippen LogP contribution in [-0.2, 0) is 20.6 Å². The number of halogens is 1. The SMILES string of the molecule is COc1cc(/C=N\Nc2nc3c(c(=O)n(C)c(=O)n3C)n2CCO)cc(Cl)c1O. The number of methoxy groups -OCH3 is 1. The number of ether oxygens (including phenoxy) is 1. The summed E-state index contributed by atoms with van der Waals surface area (Å²) in [5.41, 5.74) is 2.51. The quantitative estimate of drug-likeness (QED) is 0.382. The second-order valence-corrected chi connectivity index (χ2v) is 6.52. The number of hydrogen-bond acceptors (Lipinski definition) is 8. The average molecular weight is 423 g/mol. The van der Waals surface area contributed by atoms with Crippen LogP contribution in [0.3, 0.4) is 0 Å². The van der Waals surface area contributed by atoms with Crippen molar-refractivity contribution < 1.29 is 14.9 Å². The van der Waals surface area contributed by atoms with Gasteiger partial charge in [-0.2, -0.15) is 10.1 Å². The van der Waals surface area contributed by atoms with Gasteiger partial charge in [0.15, 0.2) is 22.7 Å². The topological polar surface area (TPSA) is 136 Å². The molecule has 0 aliphatic carbocycles. The van der Waals surface area contributed by atoms with Crippen LogP contribution in [-0.4, -0.2) is 48.8 Å². The molecule has 0 unspecified atom stereocenters. The molecule has 29 heavy (non-hydrogen) atoms. The Kier molecular flexibility index (Phi) is 5.62. The van der Waals surface area contributed by atoms with Crippen LogP contribution in [0.1, 0.15) is 5.56 Å². The number of rotatable bonds is 6. The van der Waals surface area contributed by atoms with Crippen LogP contribution in [0.4, 0.5) is 5.95 Å². The molecule has 1 aromatic carbocycles. The highest BCUT2D eigenvalue weighted by molar-refractivity contribution is 6.32. The molecule has 11 nitrogen and oxygen atoms in total. The number of aliphatic hydroxyl groups is 1. The van der Waals surface area contributed by atoms with Gasteiger partial charge in [0.25, 0.3) is 5.56 Å². The van der Waals surface area contributed by atoms with Gasteiger partial charge in [0.2, 0.25) is 5.95 Å². The predicted octanol–water partition coefficient (Wildman–Crippen LogP) is 0.240. The molecule has 12 heteroatoms. The minimum Gasteiger partial charge on any atom is -0.503 e. The number of phenolic OH excluding ortho intramolecular Hbond substituents is 1. The smallest absolute Gasteiger partial charge is 0.332 e. The van der Waals surface area contributed by atoms with E-state index in [0.29, 0.717) is 5.56 Å². The lowest BCUT2D eigenvalue weighted by atomic mass is 10.2. The fourth-order valence-electron chi connectivity index (χ4n) is 2.84. The summed E-state index contributed by atoms with van der Waals surface area (Å²) >= 11 is 5.95. The summed E-state index contributed by atoms with van der Waals surface area (Å²) < 4.78 is 8.69. The van der Waals surface area contributed by atoms with E-state index >= 15 is 0 Å². The number of imidazole rings is 1. The molecule has 0 saturated carbocycles. The molecule has 0 aliphatic rings. The third-order valence-electron chi connectivity index (χ3n) is 4.32. The van der Waals surface area contributed by atoms with Gasteiger partial charge >= 0.3 is 5.69 Å². The van der Waals surface area contributed by atoms with Crippen molar-refractivity contribution in [2.45, 2.75) is 6.54 Å². The number of nitrogens with one attached hydrogen (secondary N) is 1. The zero-order chi connectivity index (χ0) is 21.3. The standard InChI is InChI=1S/C17H19ClN6O5/c1-22-14-12(15(27)23(2)17(22)28)24(4-5-25)16(20-14)21-19-8-9-6-10(18)13(26)11(7-9)29-3/h6-8,25-26H,4-5H2,1-3H3,(H,20,21)/b19-8-. The third kappa shape index (κ3) is 3.57. The Hall–Kier alpha value is -3.31. The van der Waals surface area contributed by atoms with E-state index in [1.807, 2.05) is 0 Å². The molecule has 154 valence electrons. The maximum atomic E-state index is 12.5. The van der Waals surface area contributed by atoms with Crippen LogP contribution >= 0.6 is 11.6 Å². The highest BCUT2D eigenvalue weighted by Gasteiger charge is 2.18. The van der Waals surface area contributed by atoms with Gasteiger partial charge in [0, 0.05) is 20.6 Å². The molecule has 0 fully saturated rings. The number of aliphatic hydroxyl groups excluding tert-OH is 1. The van der Waals surface area contributed by atoms with Gasteiger partial charge in [0.05, 0.1) is 25.0 Å². The monoisotopic (exact) mass is 422 g/mol. The van der Waals surface area contributed by atoms with Gasteiger partial charge in [-0.25, -0.2) is 10.2 Å². The zero-order valence-electron chi connectivity index (χ0n) is 15.9. The summed E-state index contributed by atoms with van der Waals surface area (Å²) in [6.07, 6.45) is 1.41. The maximum absolute atomic E-state index is 12.5. The van der Waals surface area contributed by atoms with Crippen molar-refractivity contribution in [2.24, 2.45) is 19.2 Å². The first-order chi connectivity index (χ1) is 13.8. The Morgan fingerprint density at radius 1 is 1.31 bits per heavy atom. The van der Waals surface area contributed by atoms with Crippen molar-refractivity contribution in [3.05, 3.63) is 43.6 Å². The predicted molar refractivity (Wildman–Crippen MR) is 108 cm³/mol. The highest BCUT2D eigenvalue weighted by atomic mass is 35.5. The van der Waals surface area contributed by atoms with Crippen LogP contribution in [0.5, 0.6) is 11.5 Å². The average Bonchev–Trinajstić information content (AvgIpc) is 3.06. The van der Waals surface area contributed by atoms with Gasteiger partial charge in [-0.1, -0.05) is 11.6 Å². The molecule has 2 heterocycles. The van der Waals surface area contributed by atoms with Crippen molar-refractivity contribution in [2.75, 3.05) is 19.1 Å². The van der Waals surface area contributed by atoms with Crippen molar-refractivity contribution in [1.29, 1.82) is 0 Å². The molecular formula is C17H19ClN6O5. The Bertz CT molecular complexity index is 1230. The second kappa shape index (κ2) is 7.97. The Morgan fingerprint density at radius 3 is 2.69 bits per heavy atom. The van der Waals surface area contributed by atoms with Crippen LogP contribution < -0.4 is 21.4 Å². The summed E-state index contributed by atoms with van der Waals surface area (Å²) in [5, 5.41) is 23.3. The first-order valence-corrected chi connectivity index (χ1v) is 8.80. The van der Waals surface area contributed by atoms with Gasteiger partial charge in [-0.15, -0.1) is 0 Å². The Labute approximate surface area is 169 Å². The Balaban J connectivity index is 2.04. The van der Waals surface area contributed by atoms with E-state index in [2.05, 4.69) is 15.5 Å². The van der Waals surface area contributed by atoms with Crippen LogP contribution in [0.25, 0.3) is 11.2 Å². The molecule has 0 bridgehead atoms. The van der Waals surface area contributed by atoms with Gasteiger partial charge < -0.3 is 19.5 Å². The summed E-state index contributed by atoms with van der Waals surface area (Å²) in [4.78, 5) is 28.9. The van der Waals surface area contributed by atoms with Crippen molar-refractivity contribution in [3.8, 4) is 11.5 Å². The summed E-state index contributed by atoms with van der Waals surface area (Å²) in [6.45, 7) is -0.179. The number of hydrogen-bond donors (Lipinski definition) is 3. The molecule has 3 rings (SSSR count). The molecule has 3 N–H and O–H groups in total. The number of anilines is 1. The number of benzene rings is 1. The van der Waals surface area contributed by atoms with Crippen molar-refractivity contribution in [3.63, 3.8) is 0 Å². The van der Waals surface area contributed by atoms with E-state index in [1.54, 1.807) is 0 Å². The minimum absolute atomic E-state index is 0.0701. The van der Waals surface area contributed by atoms with Gasteiger partial charge in [0.1, 0.15) is 0 Å². The van der Waals surface area contributed by atoms with Crippen LogP contribution in [0, 0.1) is 0 Å². The van der Waals surface area contributed by atoms with Crippen LogP contribution in [0.15, 0.2) is 26.8 Å². The van der Waals surface area contributed by atoms with E-state index in [1.165, 1.54) is 48.7 Å². The summed E-state index contributed by atoms with van der Waals surface area (Å²) in [7, 11) is 4.26. The molecule has 0 atom stereocenters. The molecule has 0 aliphatic heterocycles. The largest absolute Gasteiger partial charge is 0.503 e. The number of aryl methyl sites for hydroxylation is 1. The lowest BCUT2D eigenvalue weighted by Crippen LogP contribution is -2.37. The fourth-order valence-corrected chi connectivity index (χ4v) is 3.06. The number of fused-ring (bicyclic) bond motifs is 1. The lowest BCUT2D eigenvalue weighted by Gasteiger charge is -2.07. The summed E-state index contributed by atoms with van der Waals surface area (Å²) in [5.74, 6) is 0.172. The third-order valence-corrected chi connectivity index (χ3v) is 4.61. The Morgan fingerprint density at radius 2 is 2.03 bits per heavy atom. The van der Waals surface area contributed by atoms with Gasteiger partial charge in [-0.05, 0) is 17.7 Å². The van der Waals surface area contributed by atoms with E-state index < -0.39 is 11.2 Å². The first kappa shape index (κ1) is 20.4. The fraction of sp³-hybridized carbons (Fsp3) is 0.294. The molecule has 0 radical (unpaired) electrons. The van der Waals surface area contributed by atoms with E-state index in [-0.39, 0.29) is 46.8 Å². The molecule has 2 aromatic heterocycles. The molecule has 0 saturated heterocycles. The second-order valence-electron chi connectivity index (χ2n) is 6.11. The lowest BCUT2D eigenvalue weighted by molar-refractivity contribution is 0.278. The first-order valence-electron chi connectivity index (χ1n) is 8.42. The van der Waals surface area contributed by atoms with E-state index in [0.717, 1.165) is 4.57 Å². The zero-order valence-corrected chi connectivity index (χ0v) is 16.6. The van der Waals surface area contributed by atoms with E-state index in [9.17, 15) is 19.8 Å². The highest BCUT2D eigenvalue weighted by Crippen LogP contribution is 2.34. The van der Waals surface area contributed by atoms with Gasteiger partial charge in [-0.3, -0.25) is 13.9 Å².